The van der Waals surface area contributed by atoms with E-state index in [4.69, 9.17) is 19.9 Å². The van der Waals surface area contributed by atoms with Gasteiger partial charge in [-0.15, -0.1) is 0 Å². The van der Waals surface area contributed by atoms with Crippen molar-refractivity contribution >= 4 is 15.9 Å². The lowest BCUT2D eigenvalue weighted by molar-refractivity contribution is -0.107. The Morgan fingerprint density at radius 3 is 2.84 bits per heavy atom. The second-order valence-electron chi connectivity index (χ2n) is 4.46. The first kappa shape index (κ1) is 14.7. The van der Waals surface area contributed by atoms with Gasteiger partial charge in [-0.25, -0.2) is 4.39 Å². The molecule has 0 aromatic heterocycles. The standard InChI is InChI=1S/C13H17BrFNO3/c1-17-4-5-18-13-10(16)7-12(13)19-11-3-2-8(14)6-9(11)15/h2-3,6,10,12-13H,4-5,7,16H2,1H3. The highest BCUT2D eigenvalue weighted by Crippen LogP contribution is 2.30. The van der Waals surface area contributed by atoms with Crippen LogP contribution in [0.1, 0.15) is 6.42 Å². The van der Waals surface area contributed by atoms with Crippen molar-refractivity contribution in [3.8, 4) is 5.75 Å². The van der Waals surface area contributed by atoms with Crippen LogP contribution in [0.5, 0.6) is 5.75 Å². The predicted octanol–water partition coefficient (Wildman–Crippen LogP) is 2.10. The van der Waals surface area contributed by atoms with E-state index in [9.17, 15) is 4.39 Å². The number of hydrogen-bond donors (Lipinski definition) is 1. The minimum Gasteiger partial charge on any atom is -0.485 e. The van der Waals surface area contributed by atoms with Gasteiger partial charge in [0.15, 0.2) is 11.6 Å². The molecule has 1 saturated carbocycles. The topological polar surface area (TPSA) is 53.7 Å². The molecule has 106 valence electrons. The summed E-state index contributed by atoms with van der Waals surface area (Å²) in [5, 5.41) is 0. The van der Waals surface area contributed by atoms with Gasteiger partial charge in [0.05, 0.1) is 13.2 Å². The van der Waals surface area contributed by atoms with Gasteiger partial charge < -0.3 is 19.9 Å². The second-order valence-corrected chi connectivity index (χ2v) is 5.37. The summed E-state index contributed by atoms with van der Waals surface area (Å²) in [6.45, 7) is 0.958. The van der Waals surface area contributed by atoms with Crippen LogP contribution in [0.15, 0.2) is 22.7 Å². The third kappa shape index (κ3) is 3.66. The van der Waals surface area contributed by atoms with Crippen LogP contribution in [0.25, 0.3) is 0 Å². The monoisotopic (exact) mass is 333 g/mol. The van der Waals surface area contributed by atoms with Crippen molar-refractivity contribution in [1.82, 2.24) is 0 Å². The van der Waals surface area contributed by atoms with Crippen LogP contribution in [0.3, 0.4) is 0 Å². The third-order valence-electron chi connectivity index (χ3n) is 3.06. The largest absolute Gasteiger partial charge is 0.485 e. The molecule has 1 aliphatic carbocycles. The maximum Gasteiger partial charge on any atom is 0.166 e. The molecule has 3 unspecified atom stereocenters. The lowest BCUT2D eigenvalue weighted by Crippen LogP contribution is -2.59. The summed E-state index contributed by atoms with van der Waals surface area (Å²) < 4.78 is 30.4. The van der Waals surface area contributed by atoms with Crippen molar-refractivity contribution in [3.63, 3.8) is 0 Å². The number of ether oxygens (including phenoxy) is 3. The number of benzene rings is 1. The Morgan fingerprint density at radius 2 is 2.21 bits per heavy atom. The molecule has 1 aromatic rings. The van der Waals surface area contributed by atoms with Gasteiger partial charge in [-0.05, 0) is 18.2 Å². The second kappa shape index (κ2) is 6.65. The normalized spacial score (nSPS) is 26.0. The fourth-order valence-corrected chi connectivity index (χ4v) is 2.30. The van der Waals surface area contributed by atoms with Crippen molar-refractivity contribution in [2.75, 3.05) is 20.3 Å². The van der Waals surface area contributed by atoms with Crippen LogP contribution in [0, 0.1) is 5.82 Å². The molecule has 6 heteroatoms. The van der Waals surface area contributed by atoms with E-state index in [1.54, 1.807) is 19.2 Å². The summed E-state index contributed by atoms with van der Waals surface area (Å²) >= 11 is 3.20. The predicted molar refractivity (Wildman–Crippen MR) is 72.7 cm³/mol. The lowest BCUT2D eigenvalue weighted by atomic mass is 9.86. The number of rotatable bonds is 6. The summed E-state index contributed by atoms with van der Waals surface area (Å²) in [6, 6.07) is 4.63. The molecule has 0 saturated heterocycles. The Morgan fingerprint density at radius 1 is 1.42 bits per heavy atom. The van der Waals surface area contributed by atoms with Gasteiger partial charge >= 0.3 is 0 Å². The van der Waals surface area contributed by atoms with E-state index in [1.165, 1.54) is 6.07 Å². The molecule has 0 aliphatic heterocycles. The quantitative estimate of drug-likeness (QED) is 0.810. The van der Waals surface area contributed by atoms with E-state index < -0.39 is 5.82 Å². The third-order valence-corrected chi connectivity index (χ3v) is 3.56. The molecule has 4 nitrogen and oxygen atoms in total. The highest BCUT2D eigenvalue weighted by molar-refractivity contribution is 9.10. The van der Waals surface area contributed by atoms with Gasteiger partial charge in [0, 0.05) is 24.0 Å². The molecule has 0 bridgehead atoms. The van der Waals surface area contributed by atoms with Crippen LogP contribution >= 0.6 is 15.9 Å². The molecular formula is C13H17BrFNO3. The summed E-state index contributed by atoms with van der Waals surface area (Å²) in [7, 11) is 1.61. The molecule has 2 N–H and O–H groups in total. The van der Waals surface area contributed by atoms with Crippen LogP contribution in [0.4, 0.5) is 4.39 Å². The Bertz CT molecular complexity index is 432. The van der Waals surface area contributed by atoms with Crippen LogP contribution in [0.2, 0.25) is 0 Å². The summed E-state index contributed by atoms with van der Waals surface area (Å²) in [4.78, 5) is 0. The molecule has 1 aromatic carbocycles. The van der Waals surface area contributed by atoms with Crippen molar-refractivity contribution in [1.29, 1.82) is 0 Å². The molecular weight excluding hydrogens is 317 g/mol. The van der Waals surface area contributed by atoms with Crippen molar-refractivity contribution < 1.29 is 18.6 Å². The van der Waals surface area contributed by atoms with Gasteiger partial charge in [-0.2, -0.15) is 0 Å². The van der Waals surface area contributed by atoms with Gasteiger partial charge in [0.2, 0.25) is 0 Å². The molecule has 1 aliphatic rings. The fraction of sp³-hybridized carbons (Fsp3) is 0.538. The average molecular weight is 334 g/mol. The van der Waals surface area contributed by atoms with Crippen LogP contribution < -0.4 is 10.5 Å². The number of methoxy groups -OCH3 is 1. The van der Waals surface area contributed by atoms with Gasteiger partial charge in [0.25, 0.3) is 0 Å². The Labute approximate surface area is 120 Å². The van der Waals surface area contributed by atoms with E-state index >= 15 is 0 Å². The Balaban J connectivity index is 1.91. The molecule has 3 atom stereocenters. The zero-order chi connectivity index (χ0) is 13.8. The molecule has 1 fully saturated rings. The van der Waals surface area contributed by atoms with Gasteiger partial charge in [-0.3, -0.25) is 0 Å². The maximum absolute atomic E-state index is 13.7. The van der Waals surface area contributed by atoms with E-state index in [0.29, 0.717) is 24.1 Å². The number of halogens is 2. The SMILES string of the molecule is COCCOC1C(N)CC1Oc1ccc(Br)cc1F. The Hall–Kier alpha value is -0.690. The first-order chi connectivity index (χ1) is 9.11. The van der Waals surface area contributed by atoms with E-state index in [-0.39, 0.29) is 24.0 Å². The lowest BCUT2D eigenvalue weighted by Gasteiger charge is -2.41. The zero-order valence-corrected chi connectivity index (χ0v) is 12.2. The molecule has 0 spiro atoms. The summed E-state index contributed by atoms with van der Waals surface area (Å²) in [5.41, 5.74) is 5.86. The minimum absolute atomic E-state index is 0.0691. The number of nitrogens with two attached hydrogens (primary N) is 1. The van der Waals surface area contributed by atoms with E-state index in [1.807, 2.05) is 0 Å². The molecule has 0 heterocycles. The Kier molecular flexibility index (Phi) is 5.15. The molecule has 19 heavy (non-hydrogen) atoms. The highest BCUT2D eigenvalue weighted by atomic mass is 79.9. The first-order valence-corrected chi connectivity index (χ1v) is 6.89. The average Bonchev–Trinajstić information content (AvgIpc) is 2.37. The zero-order valence-electron chi connectivity index (χ0n) is 10.6. The highest BCUT2D eigenvalue weighted by Gasteiger charge is 2.41. The van der Waals surface area contributed by atoms with Gasteiger partial charge in [0.1, 0.15) is 12.2 Å². The molecule has 2 rings (SSSR count). The first-order valence-electron chi connectivity index (χ1n) is 6.09. The van der Waals surface area contributed by atoms with Crippen molar-refractivity contribution in [3.05, 3.63) is 28.5 Å². The van der Waals surface area contributed by atoms with E-state index in [0.717, 1.165) is 0 Å². The summed E-state index contributed by atoms with van der Waals surface area (Å²) in [6.07, 6.45) is 0.244. The number of hydrogen-bond acceptors (Lipinski definition) is 4. The fourth-order valence-electron chi connectivity index (χ4n) is 1.96. The molecule has 0 radical (unpaired) electrons. The van der Waals surface area contributed by atoms with Gasteiger partial charge in [-0.1, -0.05) is 15.9 Å². The smallest absolute Gasteiger partial charge is 0.166 e. The molecule has 0 amide bonds. The van der Waals surface area contributed by atoms with Crippen molar-refractivity contribution in [2.45, 2.75) is 24.7 Å². The van der Waals surface area contributed by atoms with E-state index in [2.05, 4.69) is 15.9 Å². The minimum atomic E-state index is -0.398. The summed E-state index contributed by atoms with van der Waals surface area (Å²) in [5.74, 6) is -0.175. The van der Waals surface area contributed by atoms with Crippen molar-refractivity contribution in [2.24, 2.45) is 5.73 Å². The maximum atomic E-state index is 13.7. The van der Waals surface area contributed by atoms with Crippen LogP contribution in [-0.2, 0) is 9.47 Å². The van der Waals surface area contributed by atoms with Crippen LogP contribution in [-0.4, -0.2) is 38.6 Å².